The van der Waals surface area contributed by atoms with Crippen LogP contribution in [0.2, 0.25) is 0 Å². The lowest BCUT2D eigenvalue weighted by Crippen LogP contribution is -2.10. The van der Waals surface area contributed by atoms with Crippen LogP contribution in [0.5, 0.6) is 5.75 Å². The minimum Gasteiger partial charge on any atom is -0.489 e. The summed E-state index contributed by atoms with van der Waals surface area (Å²) in [5.74, 6) is 0.275. The number of hydrogen-bond donors (Lipinski definition) is 1. The Labute approximate surface area is 123 Å². The van der Waals surface area contributed by atoms with Crippen LogP contribution in [0.4, 0.5) is 5.69 Å². The van der Waals surface area contributed by atoms with Gasteiger partial charge in [0.25, 0.3) is 0 Å². The maximum atomic E-state index is 11.6. The number of methoxy groups -OCH3 is 1. The highest BCUT2D eigenvalue weighted by Gasteiger charge is 2.12. The van der Waals surface area contributed by atoms with Crippen molar-refractivity contribution in [1.82, 2.24) is 5.16 Å². The summed E-state index contributed by atoms with van der Waals surface area (Å²) >= 11 is 0. The van der Waals surface area contributed by atoms with Crippen LogP contribution in [0.15, 0.2) is 35.1 Å². The van der Waals surface area contributed by atoms with Crippen molar-refractivity contribution in [2.75, 3.05) is 12.4 Å². The number of hydrogen-bond acceptors (Lipinski definition) is 6. The molecule has 0 spiro atoms. The second kappa shape index (κ2) is 6.78. The standard InChI is InChI=1S/C15H18N2O4/c1-10(2)21-14-5-4-11(15(18)19-3)8-13(14)16-9-12-6-7-20-17-12/h4-8,10,16H,9H2,1-3H3. The molecule has 0 saturated carbocycles. The fraction of sp³-hybridized carbons (Fsp3) is 0.333. The summed E-state index contributed by atoms with van der Waals surface area (Å²) in [6, 6.07) is 6.88. The minimum absolute atomic E-state index is 0.0292. The summed E-state index contributed by atoms with van der Waals surface area (Å²) in [5.41, 5.74) is 1.92. The van der Waals surface area contributed by atoms with Crippen LogP contribution in [0.1, 0.15) is 29.9 Å². The molecule has 0 aliphatic carbocycles. The lowest BCUT2D eigenvalue weighted by atomic mass is 10.2. The van der Waals surface area contributed by atoms with Gasteiger partial charge in [-0.25, -0.2) is 4.79 Å². The van der Waals surface area contributed by atoms with Gasteiger partial charge in [0.1, 0.15) is 17.7 Å². The summed E-state index contributed by atoms with van der Waals surface area (Å²) < 4.78 is 15.2. The van der Waals surface area contributed by atoms with Crippen molar-refractivity contribution in [3.8, 4) is 5.75 Å². The molecule has 1 aromatic heterocycles. The Morgan fingerprint density at radius 1 is 1.38 bits per heavy atom. The number of carbonyl (C=O) groups excluding carboxylic acids is 1. The normalized spacial score (nSPS) is 10.5. The van der Waals surface area contributed by atoms with Crippen molar-refractivity contribution in [1.29, 1.82) is 0 Å². The molecule has 6 nitrogen and oxygen atoms in total. The number of nitrogens with one attached hydrogen (secondary N) is 1. The van der Waals surface area contributed by atoms with Gasteiger partial charge in [0, 0.05) is 6.07 Å². The average molecular weight is 290 g/mol. The van der Waals surface area contributed by atoms with Crippen LogP contribution in [-0.4, -0.2) is 24.3 Å². The van der Waals surface area contributed by atoms with E-state index in [1.807, 2.05) is 13.8 Å². The van der Waals surface area contributed by atoms with Crippen molar-refractivity contribution >= 4 is 11.7 Å². The summed E-state index contributed by atoms with van der Waals surface area (Å²) in [6.07, 6.45) is 1.54. The molecule has 21 heavy (non-hydrogen) atoms. The van der Waals surface area contributed by atoms with Crippen LogP contribution in [0.3, 0.4) is 0 Å². The van der Waals surface area contributed by atoms with Gasteiger partial charge < -0.3 is 19.3 Å². The topological polar surface area (TPSA) is 73.6 Å². The number of esters is 1. The quantitative estimate of drug-likeness (QED) is 0.825. The molecule has 0 saturated heterocycles. The van der Waals surface area contributed by atoms with Crippen molar-refractivity contribution in [2.45, 2.75) is 26.5 Å². The van der Waals surface area contributed by atoms with E-state index in [-0.39, 0.29) is 6.10 Å². The van der Waals surface area contributed by atoms with Gasteiger partial charge in [0.05, 0.1) is 31.0 Å². The summed E-state index contributed by atoms with van der Waals surface area (Å²) in [7, 11) is 1.35. The van der Waals surface area contributed by atoms with Crippen molar-refractivity contribution in [3.05, 3.63) is 41.8 Å². The molecule has 0 aliphatic heterocycles. The molecule has 0 amide bonds. The summed E-state index contributed by atoms with van der Waals surface area (Å²) in [6.45, 7) is 4.35. The molecule has 0 bridgehead atoms. The fourth-order valence-corrected chi connectivity index (χ4v) is 1.78. The Morgan fingerprint density at radius 2 is 2.19 bits per heavy atom. The van der Waals surface area contributed by atoms with Crippen LogP contribution in [0, 0.1) is 0 Å². The number of nitrogens with zero attached hydrogens (tertiary/aromatic N) is 1. The third kappa shape index (κ3) is 3.98. The van der Waals surface area contributed by atoms with Gasteiger partial charge >= 0.3 is 5.97 Å². The molecule has 0 radical (unpaired) electrons. The molecule has 0 fully saturated rings. The van der Waals surface area contributed by atoms with Crippen molar-refractivity contribution in [2.24, 2.45) is 0 Å². The zero-order valence-electron chi connectivity index (χ0n) is 12.3. The SMILES string of the molecule is COC(=O)c1ccc(OC(C)C)c(NCc2ccon2)c1. The maximum Gasteiger partial charge on any atom is 0.337 e. The van der Waals surface area contributed by atoms with Crippen LogP contribution in [0.25, 0.3) is 0 Å². The van der Waals surface area contributed by atoms with Gasteiger partial charge in [-0.05, 0) is 32.0 Å². The van der Waals surface area contributed by atoms with Gasteiger partial charge in [0.15, 0.2) is 0 Å². The maximum absolute atomic E-state index is 11.6. The van der Waals surface area contributed by atoms with E-state index < -0.39 is 5.97 Å². The first kappa shape index (κ1) is 14.9. The predicted molar refractivity (Wildman–Crippen MR) is 77.4 cm³/mol. The molecule has 1 N–H and O–H groups in total. The van der Waals surface area contributed by atoms with E-state index in [2.05, 4.69) is 10.5 Å². The van der Waals surface area contributed by atoms with Gasteiger partial charge in [-0.15, -0.1) is 0 Å². The average Bonchev–Trinajstić information content (AvgIpc) is 2.98. The number of aromatic nitrogens is 1. The Morgan fingerprint density at radius 3 is 2.81 bits per heavy atom. The van der Waals surface area contributed by atoms with Crippen molar-refractivity contribution < 1.29 is 18.8 Å². The lowest BCUT2D eigenvalue weighted by molar-refractivity contribution is 0.0601. The van der Waals surface area contributed by atoms with E-state index in [1.165, 1.54) is 13.4 Å². The highest BCUT2D eigenvalue weighted by Crippen LogP contribution is 2.27. The minimum atomic E-state index is -0.393. The number of benzene rings is 1. The van der Waals surface area contributed by atoms with Crippen LogP contribution in [-0.2, 0) is 11.3 Å². The number of rotatable bonds is 6. The summed E-state index contributed by atoms with van der Waals surface area (Å²) in [5, 5.41) is 7.01. The molecule has 0 aliphatic rings. The highest BCUT2D eigenvalue weighted by molar-refractivity contribution is 5.91. The molecule has 6 heteroatoms. The van der Waals surface area contributed by atoms with E-state index in [9.17, 15) is 4.79 Å². The smallest absolute Gasteiger partial charge is 0.337 e. The Kier molecular flexibility index (Phi) is 4.81. The Bertz CT molecular complexity index is 594. The fourth-order valence-electron chi connectivity index (χ4n) is 1.78. The molecule has 1 aromatic carbocycles. The van der Waals surface area contributed by atoms with E-state index in [1.54, 1.807) is 24.3 Å². The van der Waals surface area contributed by atoms with E-state index in [0.29, 0.717) is 23.5 Å². The first-order valence-corrected chi connectivity index (χ1v) is 6.62. The number of carbonyl (C=O) groups is 1. The third-order valence-corrected chi connectivity index (χ3v) is 2.71. The zero-order valence-corrected chi connectivity index (χ0v) is 12.3. The lowest BCUT2D eigenvalue weighted by Gasteiger charge is -2.16. The van der Waals surface area contributed by atoms with Crippen LogP contribution >= 0.6 is 0 Å². The van der Waals surface area contributed by atoms with E-state index in [0.717, 1.165) is 5.69 Å². The number of anilines is 1. The molecule has 112 valence electrons. The first-order valence-electron chi connectivity index (χ1n) is 6.62. The molecule has 0 unspecified atom stereocenters. The molecule has 0 atom stereocenters. The molecular formula is C15H18N2O4. The van der Waals surface area contributed by atoms with Gasteiger partial charge in [-0.2, -0.15) is 0 Å². The van der Waals surface area contributed by atoms with Gasteiger partial charge in [0.2, 0.25) is 0 Å². The monoisotopic (exact) mass is 290 g/mol. The summed E-state index contributed by atoms with van der Waals surface area (Å²) in [4.78, 5) is 11.6. The van der Waals surface area contributed by atoms with E-state index >= 15 is 0 Å². The Balaban J connectivity index is 2.22. The predicted octanol–water partition coefficient (Wildman–Crippen LogP) is 2.86. The highest BCUT2D eigenvalue weighted by atomic mass is 16.5. The Hall–Kier alpha value is -2.50. The molecule has 1 heterocycles. The van der Waals surface area contributed by atoms with Gasteiger partial charge in [-0.3, -0.25) is 0 Å². The third-order valence-electron chi connectivity index (χ3n) is 2.71. The molecule has 2 aromatic rings. The van der Waals surface area contributed by atoms with E-state index in [4.69, 9.17) is 14.0 Å². The largest absolute Gasteiger partial charge is 0.489 e. The van der Waals surface area contributed by atoms with Crippen LogP contribution < -0.4 is 10.1 Å². The zero-order chi connectivity index (χ0) is 15.2. The second-order valence-electron chi connectivity index (χ2n) is 4.71. The molecular weight excluding hydrogens is 272 g/mol. The van der Waals surface area contributed by atoms with Crippen molar-refractivity contribution in [3.63, 3.8) is 0 Å². The second-order valence-corrected chi connectivity index (χ2v) is 4.71. The number of ether oxygens (including phenoxy) is 2. The first-order chi connectivity index (χ1) is 10.1. The molecule has 2 rings (SSSR count). The van der Waals surface area contributed by atoms with Gasteiger partial charge in [-0.1, -0.05) is 5.16 Å².